The Bertz CT molecular complexity index is 727. The van der Waals surface area contributed by atoms with Gasteiger partial charge < -0.3 is 10.1 Å². The van der Waals surface area contributed by atoms with E-state index in [1.54, 1.807) is 25.3 Å². The molecule has 0 aliphatic heterocycles. The molecule has 6 heteroatoms. The van der Waals surface area contributed by atoms with Crippen LogP contribution >= 0.6 is 0 Å². The molecule has 0 spiro atoms. The fourth-order valence-electron chi connectivity index (χ4n) is 2.05. The zero-order chi connectivity index (χ0) is 16.2. The molecule has 5 nitrogen and oxygen atoms in total. The SMILES string of the molecule is COc1cccc(CNC(C)c2ccc(S(C)(=O)=O)cc2)n1. The second kappa shape index (κ2) is 6.89. The lowest BCUT2D eigenvalue weighted by Gasteiger charge is -2.14. The van der Waals surface area contributed by atoms with Crippen LogP contribution in [-0.4, -0.2) is 26.8 Å². The van der Waals surface area contributed by atoms with Crippen molar-refractivity contribution in [1.29, 1.82) is 0 Å². The van der Waals surface area contributed by atoms with Crippen molar-refractivity contribution in [1.82, 2.24) is 10.3 Å². The van der Waals surface area contributed by atoms with E-state index in [0.717, 1.165) is 11.3 Å². The van der Waals surface area contributed by atoms with Crippen LogP contribution in [0.4, 0.5) is 0 Å². The standard InChI is InChI=1S/C16H20N2O3S/c1-12(13-7-9-15(10-8-13)22(3,19)20)17-11-14-5-4-6-16(18-14)21-2/h4-10,12,17H,11H2,1-3H3. The number of hydrogen-bond acceptors (Lipinski definition) is 5. The number of methoxy groups -OCH3 is 1. The van der Waals surface area contributed by atoms with Crippen molar-refractivity contribution < 1.29 is 13.2 Å². The molecule has 0 aliphatic carbocycles. The minimum Gasteiger partial charge on any atom is -0.481 e. The van der Waals surface area contributed by atoms with Crippen molar-refractivity contribution >= 4 is 9.84 Å². The van der Waals surface area contributed by atoms with E-state index in [1.807, 2.05) is 31.2 Å². The molecule has 2 aromatic rings. The van der Waals surface area contributed by atoms with Crippen LogP contribution in [0.5, 0.6) is 5.88 Å². The quantitative estimate of drug-likeness (QED) is 0.885. The average Bonchev–Trinajstić information content (AvgIpc) is 2.52. The molecule has 0 bridgehead atoms. The molecule has 1 aromatic carbocycles. The van der Waals surface area contributed by atoms with E-state index < -0.39 is 9.84 Å². The summed E-state index contributed by atoms with van der Waals surface area (Å²) >= 11 is 0. The molecule has 1 N–H and O–H groups in total. The van der Waals surface area contributed by atoms with Gasteiger partial charge in [-0.3, -0.25) is 0 Å². The Kier molecular flexibility index (Phi) is 5.15. The van der Waals surface area contributed by atoms with E-state index in [0.29, 0.717) is 17.3 Å². The van der Waals surface area contributed by atoms with E-state index in [2.05, 4.69) is 10.3 Å². The lowest BCUT2D eigenvalue weighted by atomic mass is 10.1. The number of nitrogens with one attached hydrogen (secondary N) is 1. The summed E-state index contributed by atoms with van der Waals surface area (Å²) in [5.74, 6) is 0.587. The van der Waals surface area contributed by atoms with Crippen molar-refractivity contribution in [3.05, 3.63) is 53.7 Å². The number of aromatic nitrogens is 1. The molecular weight excluding hydrogens is 300 g/mol. The van der Waals surface area contributed by atoms with Gasteiger partial charge in [0.15, 0.2) is 9.84 Å². The van der Waals surface area contributed by atoms with Gasteiger partial charge in [-0.25, -0.2) is 13.4 Å². The van der Waals surface area contributed by atoms with Gasteiger partial charge >= 0.3 is 0 Å². The fourth-order valence-corrected chi connectivity index (χ4v) is 2.68. The lowest BCUT2D eigenvalue weighted by molar-refractivity contribution is 0.395. The highest BCUT2D eigenvalue weighted by atomic mass is 32.2. The summed E-state index contributed by atoms with van der Waals surface area (Å²) in [5, 5.41) is 3.36. The number of ether oxygens (including phenoxy) is 1. The van der Waals surface area contributed by atoms with Crippen molar-refractivity contribution in [2.24, 2.45) is 0 Å². The number of benzene rings is 1. The molecule has 1 aromatic heterocycles. The van der Waals surface area contributed by atoms with E-state index in [9.17, 15) is 8.42 Å². The summed E-state index contributed by atoms with van der Waals surface area (Å²) in [4.78, 5) is 4.67. The summed E-state index contributed by atoms with van der Waals surface area (Å²) < 4.78 is 28.0. The molecule has 0 amide bonds. The molecule has 1 heterocycles. The maximum atomic E-state index is 11.4. The van der Waals surface area contributed by atoms with Crippen molar-refractivity contribution in [3.8, 4) is 5.88 Å². The van der Waals surface area contributed by atoms with E-state index in [-0.39, 0.29) is 6.04 Å². The molecule has 2 rings (SSSR count). The van der Waals surface area contributed by atoms with Gasteiger partial charge in [0.25, 0.3) is 0 Å². The molecule has 0 saturated carbocycles. The Balaban J connectivity index is 2.01. The molecule has 0 aliphatic rings. The van der Waals surface area contributed by atoms with E-state index in [1.165, 1.54) is 6.26 Å². The van der Waals surface area contributed by atoms with Crippen LogP contribution in [0.3, 0.4) is 0 Å². The van der Waals surface area contributed by atoms with Gasteiger partial charge in [-0.1, -0.05) is 18.2 Å². The van der Waals surface area contributed by atoms with Gasteiger partial charge in [0, 0.05) is 24.9 Å². The molecule has 0 fully saturated rings. The van der Waals surface area contributed by atoms with Crippen molar-refractivity contribution in [2.45, 2.75) is 24.4 Å². The average molecular weight is 320 g/mol. The molecule has 22 heavy (non-hydrogen) atoms. The Morgan fingerprint density at radius 1 is 1.18 bits per heavy atom. The first-order chi connectivity index (χ1) is 10.4. The highest BCUT2D eigenvalue weighted by molar-refractivity contribution is 7.90. The maximum absolute atomic E-state index is 11.4. The summed E-state index contributed by atoms with van der Waals surface area (Å²) in [6.45, 7) is 2.63. The van der Waals surface area contributed by atoms with Gasteiger partial charge in [-0.2, -0.15) is 0 Å². The Morgan fingerprint density at radius 3 is 2.45 bits per heavy atom. The number of pyridine rings is 1. The van der Waals surface area contributed by atoms with Crippen LogP contribution < -0.4 is 10.1 Å². The Labute approximate surface area is 131 Å². The highest BCUT2D eigenvalue weighted by Gasteiger charge is 2.09. The monoisotopic (exact) mass is 320 g/mol. The van der Waals surface area contributed by atoms with E-state index >= 15 is 0 Å². The van der Waals surface area contributed by atoms with Gasteiger partial charge in [-0.15, -0.1) is 0 Å². The molecule has 1 atom stereocenters. The van der Waals surface area contributed by atoms with Crippen LogP contribution in [0.25, 0.3) is 0 Å². The van der Waals surface area contributed by atoms with Crippen LogP contribution in [0, 0.1) is 0 Å². The second-order valence-corrected chi connectivity index (χ2v) is 7.13. The van der Waals surface area contributed by atoms with Crippen LogP contribution in [0.1, 0.15) is 24.2 Å². The number of rotatable bonds is 6. The normalized spacial score (nSPS) is 12.9. The molecule has 0 radical (unpaired) electrons. The fraction of sp³-hybridized carbons (Fsp3) is 0.312. The predicted molar refractivity (Wildman–Crippen MR) is 85.6 cm³/mol. The summed E-state index contributed by atoms with van der Waals surface area (Å²) in [6.07, 6.45) is 1.21. The number of hydrogen-bond donors (Lipinski definition) is 1. The first kappa shape index (κ1) is 16.5. The van der Waals surface area contributed by atoms with Gasteiger partial charge in [0.05, 0.1) is 17.7 Å². The second-order valence-electron chi connectivity index (χ2n) is 5.12. The van der Waals surface area contributed by atoms with Crippen LogP contribution in [-0.2, 0) is 16.4 Å². The first-order valence-corrected chi connectivity index (χ1v) is 8.82. The third-order valence-electron chi connectivity index (χ3n) is 3.39. The van der Waals surface area contributed by atoms with Crippen LogP contribution in [0.2, 0.25) is 0 Å². The largest absolute Gasteiger partial charge is 0.481 e. The number of nitrogens with zero attached hydrogens (tertiary/aromatic N) is 1. The minimum atomic E-state index is -3.15. The zero-order valence-electron chi connectivity index (χ0n) is 12.9. The first-order valence-electron chi connectivity index (χ1n) is 6.93. The molecular formula is C16H20N2O3S. The molecule has 0 saturated heterocycles. The molecule has 1 unspecified atom stereocenters. The van der Waals surface area contributed by atoms with Gasteiger partial charge in [-0.05, 0) is 30.7 Å². The lowest BCUT2D eigenvalue weighted by Crippen LogP contribution is -2.18. The number of sulfone groups is 1. The van der Waals surface area contributed by atoms with Crippen molar-refractivity contribution in [2.75, 3.05) is 13.4 Å². The van der Waals surface area contributed by atoms with Crippen LogP contribution in [0.15, 0.2) is 47.4 Å². The summed E-state index contributed by atoms with van der Waals surface area (Å²) in [5.41, 5.74) is 1.91. The third kappa shape index (κ3) is 4.29. The smallest absolute Gasteiger partial charge is 0.213 e. The summed E-state index contributed by atoms with van der Waals surface area (Å²) in [7, 11) is -1.56. The minimum absolute atomic E-state index is 0.0848. The maximum Gasteiger partial charge on any atom is 0.213 e. The highest BCUT2D eigenvalue weighted by Crippen LogP contribution is 2.17. The third-order valence-corrected chi connectivity index (χ3v) is 4.52. The van der Waals surface area contributed by atoms with Gasteiger partial charge in [0.1, 0.15) is 0 Å². The Morgan fingerprint density at radius 2 is 1.86 bits per heavy atom. The summed E-state index contributed by atoms with van der Waals surface area (Å²) in [6, 6.07) is 12.6. The predicted octanol–water partition coefficient (Wildman–Crippen LogP) is 2.34. The van der Waals surface area contributed by atoms with Crippen molar-refractivity contribution in [3.63, 3.8) is 0 Å². The van der Waals surface area contributed by atoms with E-state index in [4.69, 9.17) is 4.74 Å². The van der Waals surface area contributed by atoms with Gasteiger partial charge in [0.2, 0.25) is 5.88 Å². The zero-order valence-corrected chi connectivity index (χ0v) is 13.7. The Hall–Kier alpha value is -1.92. The topological polar surface area (TPSA) is 68.3 Å². The molecule has 118 valence electrons.